The first-order chi connectivity index (χ1) is 7.74. The SMILES string of the molecule is Cc1cc(C)nc(NCCn2ccnc2)n1. The van der Waals surface area contributed by atoms with Crippen LogP contribution in [-0.4, -0.2) is 26.1 Å². The molecule has 0 saturated carbocycles. The fourth-order valence-corrected chi connectivity index (χ4v) is 1.52. The summed E-state index contributed by atoms with van der Waals surface area (Å²) in [5.74, 6) is 0.692. The fraction of sp³-hybridized carbons (Fsp3) is 0.364. The fourth-order valence-electron chi connectivity index (χ4n) is 1.52. The summed E-state index contributed by atoms with van der Waals surface area (Å²) in [6, 6.07) is 1.96. The van der Waals surface area contributed by atoms with Crippen LogP contribution in [0.2, 0.25) is 0 Å². The van der Waals surface area contributed by atoms with Gasteiger partial charge in [-0.25, -0.2) is 15.0 Å². The lowest BCUT2D eigenvalue weighted by Crippen LogP contribution is -2.12. The zero-order chi connectivity index (χ0) is 11.4. The molecule has 0 amide bonds. The highest BCUT2D eigenvalue weighted by Gasteiger charge is 1.98. The summed E-state index contributed by atoms with van der Waals surface area (Å²) in [6.45, 7) is 5.58. The van der Waals surface area contributed by atoms with Crippen LogP contribution in [0.3, 0.4) is 0 Å². The van der Waals surface area contributed by atoms with Crippen LogP contribution in [-0.2, 0) is 6.54 Å². The van der Waals surface area contributed by atoms with Crippen LogP contribution in [0.4, 0.5) is 5.95 Å². The second kappa shape index (κ2) is 4.74. The minimum absolute atomic E-state index is 0.692. The van der Waals surface area contributed by atoms with E-state index in [1.807, 2.05) is 30.7 Å². The van der Waals surface area contributed by atoms with Gasteiger partial charge in [-0.3, -0.25) is 0 Å². The van der Waals surface area contributed by atoms with Crippen LogP contribution in [0.25, 0.3) is 0 Å². The molecule has 84 valence electrons. The molecule has 5 heteroatoms. The van der Waals surface area contributed by atoms with Crippen molar-refractivity contribution in [1.29, 1.82) is 0 Å². The van der Waals surface area contributed by atoms with Crippen LogP contribution in [0.5, 0.6) is 0 Å². The predicted molar refractivity (Wildman–Crippen MR) is 62.2 cm³/mol. The van der Waals surface area contributed by atoms with Gasteiger partial charge in [0.1, 0.15) is 0 Å². The predicted octanol–water partition coefficient (Wildman–Crippen LogP) is 1.40. The van der Waals surface area contributed by atoms with Gasteiger partial charge >= 0.3 is 0 Å². The van der Waals surface area contributed by atoms with Gasteiger partial charge in [0.25, 0.3) is 0 Å². The molecule has 16 heavy (non-hydrogen) atoms. The van der Waals surface area contributed by atoms with E-state index in [4.69, 9.17) is 0 Å². The zero-order valence-corrected chi connectivity index (χ0v) is 9.51. The van der Waals surface area contributed by atoms with E-state index in [1.165, 1.54) is 0 Å². The highest BCUT2D eigenvalue weighted by atomic mass is 15.1. The Morgan fingerprint density at radius 2 is 2.00 bits per heavy atom. The molecule has 0 aromatic carbocycles. The second-order valence-corrected chi connectivity index (χ2v) is 3.70. The van der Waals surface area contributed by atoms with E-state index in [0.29, 0.717) is 5.95 Å². The molecular weight excluding hydrogens is 202 g/mol. The third kappa shape index (κ3) is 2.79. The van der Waals surface area contributed by atoms with Gasteiger partial charge in [-0.05, 0) is 19.9 Å². The summed E-state index contributed by atoms with van der Waals surface area (Å²) in [5, 5.41) is 3.19. The Morgan fingerprint density at radius 3 is 2.62 bits per heavy atom. The highest BCUT2D eigenvalue weighted by molar-refractivity contribution is 5.27. The van der Waals surface area contributed by atoms with Gasteiger partial charge < -0.3 is 9.88 Å². The van der Waals surface area contributed by atoms with Gasteiger partial charge in [-0.1, -0.05) is 0 Å². The maximum atomic E-state index is 4.31. The summed E-state index contributed by atoms with van der Waals surface area (Å²) >= 11 is 0. The second-order valence-electron chi connectivity index (χ2n) is 3.70. The normalized spacial score (nSPS) is 10.4. The minimum atomic E-state index is 0.692. The first-order valence-electron chi connectivity index (χ1n) is 5.26. The molecule has 0 aliphatic heterocycles. The number of hydrogen-bond donors (Lipinski definition) is 1. The summed E-state index contributed by atoms with van der Waals surface area (Å²) in [6.07, 6.45) is 5.50. The van der Waals surface area contributed by atoms with E-state index in [0.717, 1.165) is 24.5 Å². The molecule has 0 aliphatic carbocycles. The first kappa shape index (κ1) is 10.6. The lowest BCUT2D eigenvalue weighted by atomic mass is 10.4. The number of anilines is 1. The molecule has 5 nitrogen and oxygen atoms in total. The van der Waals surface area contributed by atoms with Crippen molar-refractivity contribution in [3.63, 3.8) is 0 Å². The van der Waals surface area contributed by atoms with Crippen molar-refractivity contribution in [2.75, 3.05) is 11.9 Å². The molecule has 2 heterocycles. The van der Waals surface area contributed by atoms with Crippen LogP contribution in [0, 0.1) is 13.8 Å². The summed E-state index contributed by atoms with van der Waals surface area (Å²) in [7, 11) is 0. The van der Waals surface area contributed by atoms with Crippen molar-refractivity contribution < 1.29 is 0 Å². The number of aromatic nitrogens is 4. The third-order valence-corrected chi connectivity index (χ3v) is 2.19. The molecule has 0 bridgehead atoms. The first-order valence-corrected chi connectivity index (χ1v) is 5.26. The van der Waals surface area contributed by atoms with Crippen LogP contribution < -0.4 is 5.32 Å². The summed E-state index contributed by atoms with van der Waals surface area (Å²) in [5.41, 5.74) is 1.97. The molecule has 0 fully saturated rings. The van der Waals surface area contributed by atoms with Crippen molar-refractivity contribution in [1.82, 2.24) is 19.5 Å². The van der Waals surface area contributed by atoms with Gasteiger partial charge in [-0.2, -0.15) is 0 Å². The van der Waals surface area contributed by atoms with Gasteiger partial charge in [0.05, 0.1) is 6.33 Å². The number of imidazole rings is 1. The number of rotatable bonds is 4. The Bertz CT molecular complexity index is 429. The lowest BCUT2D eigenvalue weighted by molar-refractivity contribution is 0.722. The van der Waals surface area contributed by atoms with Crippen LogP contribution in [0.15, 0.2) is 24.8 Å². The number of hydrogen-bond acceptors (Lipinski definition) is 4. The molecular formula is C11H15N5. The topological polar surface area (TPSA) is 55.6 Å². The number of nitrogens with zero attached hydrogens (tertiary/aromatic N) is 4. The molecule has 0 radical (unpaired) electrons. The largest absolute Gasteiger partial charge is 0.352 e. The average molecular weight is 217 g/mol. The molecule has 0 spiro atoms. The van der Waals surface area contributed by atoms with Gasteiger partial charge in [0.2, 0.25) is 5.95 Å². The Labute approximate surface area is 94.6 Å². The van der Waals surface area contributed by atoms with E-state index >= 15 is 0 Å². The Balaban J connectivity index is 1.89. The summed E-state index contributed by atoms with van der Waals surface area (Å²) in [4.78, 5) is 12.6. The van der Waals surface area contributed by atoms with Gasteiger partial charge in [0, 0.05) is 36.9 Å². The van der Waals surface area contributed by atoms with Crippen molar-refractivity contribution in [3.05, 3.63) is 36.2 Å². The van der Waals surface area contributed by atoms with E-state index < -0.39 is 0 Å². The van der Waals surface area contributed by atoms with E-state index in [9.17, 15) is 0 Å². The minimum Gasteiger partial charge on any atom is -0.352 e. The van der Waals surface area contributed by atoms with Gasteiger partial charge in [0.15, 0.2) is 0 Å². The highest BCUT2D eigenvalue weighted by Crippen LogP contribution is 2.03. The molecule has 2 aromatic heterocycles. The Hall–Kier alpha value is -1.91. The molecule has 1 N–H and O–H groups in total. The monoisotopic (exact) mass is 217 g/mol. The molecule has 0 saturated heterocycles. The maximum absolute atomic E-state index is 4.31. The average Bonchev–Trinajstić information content (AvgIpc) is 2.69. The Morgan fingerprint density at radius 1 is 1.25 bits per heavy atom. The smallest absolute Gasteiger partial charge is 0.223 e. The quantitative estimate of drug-likeness (QED) is 0.841. The van der Waals surface area contributed by atoms with E-state index in [-0.39, 0.29) is 0 Å². The van der Waals surface area contributed by atoms with Crippen molar-refractivity contribution in [3.8, 4) is 0 Å². The van der Waals surface area contributed by atoms with E-state index in [2.05, 4.69) is 20.3 Å². The van der Waals surface area contributed by atoms with Crippen molar-refractivity contribution in [2.24, 2.45) is 0 Å². The molecule has 2 rings (SSSR count). The third-order valence-electron chi connectivity index (χ3n) is 2.19. The van der Waals surface area contributed by atoms with E-state index in [1.54, 1.807) is 12.5 Å². The Kier molecular flexibility index (Phi) is 3.14. The maximum Gasteiger partial charge on any atom is 0.223 e. The summed E-state index contributed by atoms with van der Waals surface area (Å²) < 4.78 is 2.01. The molecule has 2 aromatic rings. The standard InChI is InChI=1S/C11H15N5/c1-9-7-10(2)15-11(14-9)13-4-6-16-5-3-12-8-16/h3,5,7-8H,4,6H2,1-2H3,(H,13,14,15). The van der Waals surface area contributed by atoms with Crippen molar-refractivity contribution in [2.45, 2.75) is 20.4 Å². The zero-order valence-electron chi connectivity index (χ0n) is 9.51. The van der Waals surface area contributed by atoms with Gasteiger partial charge in [-0.15, -0.1) is 0 Å². The molecule has 0 aliphatic rings. The number of aryl methyl sites for hydroxylation is 2. The molecule has 0 unspecified atom stereocenters. The van der Waals surface area contributed by atoms with Crippen LogP contribution >= 0.6 is 0 Å². The van der Waals surface area contributed by atoms with Crippen LogP contribution in [0.1, 0.15) is 11.4 Å². The number of nitrogens with one attached hydrogen (secondary N) is 1. The van der Waals surface area contributed by atoms with Crippen molar-refractivity contribution >= 4 is 5.95 Å². The molecule has 0 atom stereocenters. The lowest BCUT2D eigenvalue weighted by Gasteiger charge is -2.06.